The zero-order valence-corrected chi connectivity index (χ0v) is 28.1. The molecule has 0 saturated heterocycles. The van der Waals surface area contributed by atoms with Crippen molar-refractivity contribution in [3.05, 3.63) is 112 Å². The number of para-hydroxylation sites is 1. The average Bonchev–Trinajstić information content (AvgIpc) is 3.49. The third-order valence-corrected chi connectivity index (χ3v) is 8.50. The van der Waals surface area contributed by atoms with E-state index < -0.39 is 0 Å². The first-order chi connectivity index (χ1) is 22.4. The number of nitrogens with zero attached hydrogens (tertiary/aromatic N) is 3. The summed E-state index contributed by atoms with van der Waals surface area (Å²) in [5, 5.41) is 13.9. The predicted octanol–water partition coefficient (Wildman–Crippen LogP) is 7.96. The van der Waals surface area contributed by atoms with Crippen molar-refractivity contribution in [2.45, 2.75) is 24.8 Å². The largest absolute Gasteiger partial charge is 0.494 e. The van der Waals surface area contributed by atoms with E-state index in [9.17, 15) is 4.79 Å². The van der Waals surface area contributed by atoms with Gasteiger partial charge in [0.2, 0.25) is 0 Å². The number of halogens is 2. The van der Waals surface area contributed by atoms with Crippen LogP contribution in [0, 0.1) is 0 Å². The van der Waals surface area contributed by atoms with Crippen LogP contribution in [0.15, 0.2) is 96.2 Å². The molecule has 5 aromatic rings. The summed E-state index contributed by atoms with van der Waals surface area (Å²) in [5.41, 5.74) is 8.79. The number of carbonyl (C=O) groups excluding carboxylic acids is 1. The molecule has 0 saturated carbocycles. The molecule has 0 atom stereocenters. The summed E-state index contributed by atoms with van der Waals surface area (Å²) in [5.74, 6) is 2.24. The lowest BCUT2D eigenvalue weighted by Crippen LogP contribution is -2.43. The fourth-order valence-corrected chi connectivity index (χ4v) is 6.04. The highest BCUT2D eigenvalue weighted by atomic mass is 35.5. The van der Waals surface area contributed by atoms with Crippen LogP contribution in [0.3, 0.4) is 0 Å². The van der Waals surface area contributed by atoms with Crippen molar-refractivity contribution in [3.8, 4) is 28.6 Å². The molecule has 9 nitrogen and oxygen atoms in total. The van der Waals surface area contributed by atoms with Gasteiger partial charge in [0, 0.05) is 16.9 Å². The summed E-state index contributed by atoms with van der Waals surface area (Å²) >= 11 is 20.3. The number of benzene rings is 4. The van der Waals surface area contributed by atoms with Gasteiger partial charge in [0.25, 0.3) is 5.91 Å². The van der Waals surface area contributed by atoms with E-state index in [0.717, 1.165) is 22.6 Å². The maximum absolute atomic E-state index is 12.5. The summed E-state index contributed by atoms with van der Waals surface area (Å²) in [6.07, 6.45) is 0. The molecule has 46 heavy (non-hydrogen) atoms. The average molecular weight is 694 g/mol. The van der Waals surface area contributed by atoms with Crippen LogP contribution in [0.1, 0.15) is 29.8 Å². The number of thioether (sulfide) groups is 1. The third kappa shape index (κ3) is 8.10. The molecule has 13 heteroatoms. The highest BCUT2D eigenvalue weighted by Gasteiger charge is 2.19. The molecule has 0 radical (unpaired) electrons. The number of rotatable bonds is 11. The van der Waals surface area contributed by atoms with Gasteiger partial charge in [-0.3, -0.25) is 20.2 Å². The minimum Gasteiger partial charge on any atom is -0.494 e. The minimum atomic E-state index is -0.351. The summed E-state index contributed by atoms with van der Waals surface area (Å²) < 4.78 is 13.0. The van der Waals surface area contributed by atoms with Gasteiger partial charge in [0.05, 0.1) is 34.6 Å². The van der Waals surface area contributed by atoms with Gasteiger partial charge in [-0.05, 0) is 98.4 Å². The van der Waals surface area contributed by atoms with Gasteiger partial charge in [-0.15, -0.1) is 10.2 Å². The lowest BCUT2D eigenvalue weighted by atomic mass is 10.2. The van der Waals surface area contributed by atoms with Gasteiger partial charge in [-0.2, -0.15) is 0 Å². The van der Waals surface area contributed by atoms with Crippen molar-refractivity contribution >= 4 is 63.9 Å². The number of hydrogen-bond donors (Lipinski definition) is 3. The molecule has 3 N–H and O–H groups in total. The van der Waals surface area contributed by atoms with Crippen molar-refractivity contribution in [2.75, 3.05) is 18.5 Å². The first-order valence-electron chi connectivity index (χ1n) is 14.3. The van der Waals surface area contributed by atoms with Crippen molar-refractivity contribution < 1.29 is 14.3 Å². The number of anilines is 1. The van der Waals surface area contributed by atoms with Crippen molar-refractivity contribution in [3.63, 3.8) is 0 Å². The molecule has 0 fully saturated rings. The number of thiocarbonyl (C=S) groups is 1. The van der Waals surface area contributed by atoms with Gasteiger partial charge in [-0.25, -0.2) is 0 Å². The topological polar surface area (TPSA) is 102 Å². The Bertz CT molecular complexity index is 1820. The number of amides is 1. The second kappa shape index (κ2) is 15.8. The van der Waals surface area contributed by atoms with Crippen molar-refractivity contribution in [1.82, 2.24) is 25.6 Å². The number of carbonyl (C=O) groups is 1. The Kier molecular flexibility index (Phi) is 11.4. The van der Waals surface area contributed by atoms with E-state index in [0.29, 0.717) is 57.0 Å². The molecular formula is C33H30Cl2N6O3S2. The Balaban J connectivity index is 1.28. The first-order valence-corrected chi connectivity index (χ1v) is 16.5. The molecule has 0 unspecified atom stereocenters. The van der Waals surface area contributed by atoms with E-state index in [-0.39, 0.29) is 11.0 Å². The molecule has 0 spiro atoms. The smallest absolute Gasteiger partial charge is 0.269 e. The molecule has 1 aromatic heterocycles. The summed E-state index contributed by atoms with van der Waals surface area (Å²) in [6, 6.07) is 27.6. The summed E-state index contributed by atoms with van der Waals surface area (Å²) in [7, 11) is 0. The second-order valence-corrected chi connectivity index (χ2v) is 11.7. The van der Waals surface area contributed by atoms with Crippen LogP contribution in [0.5, 0.6) is 11.5 Å². The van der Waals surface area contributed by atoms with Crippen molar-refractivity contribution in [2.24, 2.45) is 0 Å². The molecule has 0 aliphatic heterocycles. The number of ether oxygens (including phenoxy) is 2. The van der Waals surface area contributed by atoms with E-state index in [1.807, 2.05) is 79.1 Å². The van der Waals surface area contributed by atoms with Crippen LogP contribution in [0.2, 0.25) is 10.0 Å². The van der Waals surface area contributed by atoms with E-state index in [1.165, 1.54) is 11.8 Å². The first kappa shape index (κ1) is 33.1. The zero-order valence-electron chi connectivity index (χ0n) is 24.9. The Morgan fingerprint density at radius 3 is 2.20 bits per heavy atom. The maximum Gasteiger partial charge on any atom is 0.269 e. The highest BCUT2D eigenvalue weighted by Crippen LogP contribution is 2.35. The molecule has 0 aliphatic rings. The Morgan fingerprint density at radius 2 is 1.52 bits per heavy atom. The van der Waals surface area contributed by atoms with Crippen LogP contribution in [0.4, 0.5) is 5.69 Å². The number of aromatic nitrogens is 3. The van der Waals surface area contributed by atoms with Gasteiger partial charge in [0.15, 0.2) is 16.1 Å². The molecule has 0 aliphatic carbocycles. The highest BCUT2D eigenvalue weighted by molar-refractivity contribution is 7.98. The monoisotopic (exact) mass is 692 g/mol. The SMILES string of the molecule is CCOc1ccc(C(=O)NNC(=S)Nc2cccc(CSc3nnc(-c4ccc(OCC)cc4)n3-c3ccccc3Cl)c2Cl)cc1. The lowest BCUT2D eigenvalue weighted by Gasteiger charge is -2.15. The summed E-state index contributed by atoms with van der Waals surface area (Å²) in [6.45, 7) is 4.97. The fourth-order valence-electron chi connectivity index (χ4n) is 4.41. The van der Waals surface area contributed by atoms with E-state index in [4.69, 9.17) is 44.9 Å². The van der Waals surface area contributed by atoms with E-state index >= 15 is 0 Å². The molecular weight excluding hydrogens is 663 g/mol. The van der Waals surface area contributed by atoms with Crippen LogP contribution in [0.25, 0.3) is 17.1 Å². The van der Waals surface area contributed by atoms with Gasteiger partial charge in [0.1, 0.15) is 11.5 Å². The van der Waals surface area contributed by atoms with Crippen LogP contribution < -0.4 is 25.6 Å². The quantitative estimate of drug-likeness (QED) is 0.0723. The number of hydrogen-bond acceptors (Lipinski definition) is 7. The molecule has 236 valence electrons. The van der Waals surface area contributed by atoms with Crippen LogP contribution >= 0.6 is 47.2 Å². The Morgan fingerprint density at radius 1 is 0.848 bits per heavy atom. The summed E-state index contributed by atoms with van der Waals surface area (Å²) in [4.78, 5) is 12.5. The normalized spacial score (nSPS) is 10.7. The molecule has 4 aromatic carbocycles. The number of nitrogens with one attached hydrogen (secondary N) is 3. The second-order valence-electron chi connectivity index (χ2n) is 9.61. The standard InChI is InChI=1S/C33H30Cl2N6O3S2/c1-3-43-24-16-12-21(13-17-24)30-37-40-33(41(30)28-11-6-5-9-26(28)34)46-20-23-8-7-10-27(29(23)35)36-32(45)39-38-31(42)22-14-18-25(19-15-22)44-4-2/h5-19H,3-4,20H2,1-2H3,(H,38,42)(H2,36,39,45). The van der Waals surface area contributed by atoms with Gasteiger partial charge < -0.3 is 14.8 Å². The molecule has 5 rings (SSSR count). The molecule has 1 amide bonds. The van der Waals surface area contributed by atoms with E-state index in [2.05, 4.69) is 26.4 Å². The zero-order chi connectivity index (χ0) is 32.5. The lowest BCUT2D eigenvalue weighted by molar-refractivity contribution is 0.0944. The number of hydrazine groups is 1. The Labute approximate surface area is 286 Å². The maximum atomic E-state index is 12.5. The van der Waals surface area contributed by atoms with E-state index in [1.54, 1.807) is 30.3 Å². The van der Waals surface area contributed by atoms with Crippen molar-refractivity contribution in [1.29, 1.82) is 0 Å². The van der Waals surface area contributed by atoms with Gasteiger partial charge >= 0.3 is 0 Å². The van der Waals surface area contributed by atoms with Crippen LogP contribution in [-0.4, -0.2) is 39.0 Å². The third-order valence-electron chi connectivity index (χ3n) is 6.55. The predicted molar refractivity (Wildman–Crippen MR) is 188 cm³/mol. The van der Waals surface area contributed by atoms with Gasteiger partial charge in [-0.1, -0.05) is 59.2 Å². The fraction of sp³-hybridized carbons (Fsp3) is 0.152. The molecule has 0 bridgehead atoms. The van der Waals surface area contributed by atoms with Crippen LogP contribution in [-0.2, 0) is 5.75 Å². The Hall–Kier alpha value is -4.29. The molecule has 1 heterocycles. The minimum absolute atomic E-state index is 0.171.